The minimum absolute atomic E-state index is 0.573. The van der Waals surface area contributed by atoms with Gasteiger partial charge in [-0.3, -0.25) is 0 Å². The second-order valence-corrected chi connectivity index (χ2v) is 4.08. The molecule has 3 heteroatoms. The van der Waals surface area contributed by atoms with Crippen LogP contribution in [0, 0.1) is 6.92 Å². The van der Waals surface area contributed by atoms with Crippen LogP contribution in [-0.2, 0) is 0 Å². The number of nitrogen functional groups attached to an aromatic ring is 1. The highest BCUT2D eigenvalue weighted by Crippen LogP contribution is 2.28. The molecule has 0 radical (unpaired) electrons. The van der Waals surface area contributed by atoms with Crippen molar-refractivity contribution >= 4 is 16.8 Å². The van der Waals surface area contributed by atoms with Crippen molar-refractivity contribution in [2.24, 2.45) is 0 Å². The molecule has 3 nitrogen and oxygen atoms in total. The number of hydrogen-bond donors (Lipinski definition) is 1. The van der Waals surface area contributed by atoms with E-state index in [1.807, 2.05) is 49.4 Å². The van der Waals surface area contributed by atoms with Gasteiger partial charge >= 0.3 is 0 Å². The fourth-order valence-electron chi connectivity index (χ4n) is 1.84. The molecule has 1 aromatic heterocycles. The predicted octanol–water partition coefficient (Wildman–Crippen LogP) is 3.39. The lowest BCUT2D eigenvalue weighted by Gasteiger charge is -1.98. The number of para-hydroxylation sites is 1. The number of aromatic nitrogens is 1. The van der Waals surface area contributed by atoms with Gasteiger partial charge in [0.05, 0.1) is 5.56 Å². The molecule has 2 N–H and O–H groups in total. The molecule has 17 heavy (non-hydrogen) atoms. The molecule has 1 heterocycles. The number of nitrogens with zero attached hydrogens (tertiary/aromatic N) is 1. The van der Waals surface area contributed by atoms with Crippen LogP contribution in [0.15, 0.2) is 46.9 Å². The molecule has 0 aliphatic heterocycles. The van der Waals surface area contributed by atoms with Gasteiger partial charge in [0.15, 0.2) is 5.58 Å². The topological polar surface area (TPSA) is 52.0 Å². The zero-order valence-corrected chi connectivity index (χ0v) is 9.47. The zero-order valence-electron chi connectivity index (χ0n) is 9.47. The molecular weight excluding hydrogens is 212 g/mol. The summed E-state index contributed by atoms with van der Waals surface area (Å²) in [6.07, 6.45) is 0. The van der Waals surface area contributed by atoms with Crippen LogP contribution in [0.5, 0.6) is 0 Å². The van der Waals surface area contributed by atoms with Gasteiger partial charge < -0.3 is 10.2 Å². The van der Waals surface area contributed by atoms with Gasteiger partial charge in [-0.1, -0.05) is 18.2 Å². The van der Waals surface area contributed by atoms with Gasteiger partial charge in [0, 0.05) is 5.69 Å². The normalized spacial score (nSPS) is 10.9. The van der Waals surface area contributed by atoms with Crippen LogP contribution in [0.4, 0.5) is 5.69 Å². The smallest absolute Gasteiger partial charge is 0.229 e. The Morgan fingerprint density at radius 1 is 1.12 bits per heavy atom. The van der Waals surface area contributed by atoms with Crippen LogP contribution >= 0.6 is 0 Å². The molecule has 0 unspecified atom stereocenters. The van der Waals surface area contributed by atoms with Gasteiger partial charge in [0.1, 0.15) is 5.52 Å². The van der Waals surface area contributed by atoms with Crippen LogP contribution in [0.25, 0.3) is 22.6 Å². The summed E-state index contributed by atoms with van der Waals surface area (Å²) in [6.45, 7) is 2.03. The van der Waals surface area contributed by atoms with Crippen molar-refractivity contribution in [1.82, 2.24) is 4.98 Å². The number of nitrogens with two attached hydrogens (primary N) is 1. The fraction of sp³-hybridized carbons (Fsp3) is 0.0714. The summed E-state index contributed by atoms with van der Waals surface area (Å²) in [7, 11) is 0. The lowest BCUT2D eigenvalue weighted by molar-refractivity contribution is 0.620. The highest BCUT2D eigenvalue weighted by Gasteiger charge is 2.10. The number of fused-ring (bicyclic) bond motifs is 1. The van der Waals surface area contributed by atoms with Gasteiger partial charge in [-0.25, -0.2) is 4.98 Å². The number of aryl methyl sites for hydroxylation is 1. The summed E-state index contributed by atoms with van der Waals surface area (Å²) in [5.74, 6) is 0.573. The maximum absolute atomic E-state index is 5.90. The van der Waals surface area contributed by atoms with E-state index in [2.05, 4.69) is 4.98 Å². The van der Waals surface area contributed by atoms with E-state index in [0.717, 1.165) is 22.2 Å². The number of anilines is 1. The van der Waals surface area contributed by atoms with Gasteiger partial charge in [-0.15, -0.1) is 0 Å². The first-order chi connectivity index (χ1) is 8.24. The summed E-state index contributed by atoms with van der Waals surface area (Å²) in [6, 6.07) is 13.5. The summed E-state index contributed by atoms with van der Waals surface area (Å²) in [4.78, 5) is 4.44. The van der Waals surface area contributed by atoms with Crippen molar-refractivity contribution in [1.29, 1.82) is 0 Å². The Morgan fingerprint density at radius 3 is 2.76 bits per heavy atom. The first-order valence-corrected chi connectivity index (χ1v) is 5.46. The van der Waals surface area contributed by atoms with E-state index in [0.29, 0.717) is 11.6 Å². The number of benzene rings is 2. The Kier molecular flexibility index (Phi) is 2.11. The molecular formula is C14H12N2O. The zero-order chi connectivity index (χ0) is 11.8. The average Bonchev–Trinajstić information content (AvgIpc) is 2.72. The molecule has 84 valence electrons. The Hall–Kier alpha value is -2.29. The lowest BCUT2D eigenvalue weighted by Crippen LogP contribution is -1.88. The number of hydrogen-bond acceptors (Lipinski definition) is 3. The van der Waals surface area contributed by atoms with E-state index in [9.17, 15) is 0 Å². The molecule has 0 atom stereocenters. The van der Waals surface area contributed by atoms with E-state index in [1.165, 1.54) is 0 Å². The predicted molar refractivity (Wildman–Crippen MR) is 68.6 cm³/mol. The SMILES string of the molecule is Cc1ccc2nc(-c3ccccc3N)oc2c1. The second kappa shape index (κ2) is 3.63. The van der Waals surface area contributed by atoms with Crippen molar-refractivity contribution in [2.45, 2.75) is 6.92 Å². The second-order valence-electron chi connectivity index (χ2n) is 4.08. The van der Waals surface area contributed by atoms with Crippen molar-refractivity contribution in [2.75, 3.05) is 5.73 Å². The van der Waals surface area contributed by atoms with E-state index in [4.69, 9.17) is 10.2 Å². The van der Waals surface area contributed by atoms with Crippen LogP contribution < -0.4 is 5.73 Å². The molecule has 0 aliphatic rings. The van der Waals surface area contributed by atoms with E-state index in [1.54, 1.807) is 0 Å². The molecule has 0 amide bonds. The van der Waals surface area contributed by atoms with Gasteiger partial charge in [-0.05, 0) is 36.8 Å². The Balaban J connectivity index is 2.22. The van der Waals surface area contributed by atoms with Crippen molar-refractivity contribution < 1.29 is 4.42 Å². The Morgan fingerprint density at radius 2 is 1.94 bits per heavy atom. The molecule has 0 fully saturated rings. The Labute approximate surface area is 98.9 Å². The third-order valence-electron chi connectivity index (χ3n) is 2.74. The summed E-state index contributed by atoms with van der Waals surface area (Å²) < 4.78 is 5.72. The third kappa shape index (κ3) is 1.65. The monoisotopic (exact) mass is 224 g/mol. The van der Waals surface area contributed by atoms with Crippen molar-refractivity contribution in [3.05, 3.63) is 48.0 Å². The third-order valence-corrected chi connectivity index (χ3v) is 2.74. The molecule has 3 aromatic rings. The van der Waals surface area contributed by atoms with Gasteiger partial charge in [0.2, 0.25) is 5.89 Å². The average molecular weight is 224 g/mol. The fourth-order valence-corrected chi connectivity index (χ4v) is 1.84. The minimum atomic E-state index is 0.573. The molecule has 0 saturated carbocycles. The molecule has 0 saturated heterocycles. The first kappa shape index (κ1) is 9.90. The largest absolute Gasteiger partial charge is 0.436 e. The molecule has 0 aliphatic carbocycles. The lowest BCUT2D eigenvalue weighted by atomic mass is 10.2. The summed E-state index contributed by atoms with van der Waals surface area (Å²) in [5.41, 5.74) is 10.2. The van der Waals surface area contributed by atoms with Gasteiger partial charge in [-0.2, -0.15) is 0 Å². The summed E-state index contributed by atoms with van der Waals surface area (Å²) >= 11 is 0. The van der Waals surface area contributed by atoms with Crippen LogP contribution in [0.1, 0.15) is 5.56 Å². The number of rotatable bonds is 1. The quantitative estimate of drug-likeness (QED) is 0.644. The maximum atomic E-state index is 5.90. The van der Waals surface area contributed by atoms with Crippen LogP contribution in [0.3, 0.4) is 0 Å². The van der Waals surface area contributed by atoms with E-state index < -0.39 is 0 Å². The van der Waals surface area contributed by atoms with Crippen LogP contribution in [0.2, 0.25) is 0 Å². The highest BCUT2D eigenvalue weighted by atomic mass is 16.3. The molecule has 3 rings (SSSR count). The van der Waals surface area contributed by atoms with Gasteiger partial charge in [0.25, 0.3) is 0 Å². The van der Waals surface area contributed by atoms with Crippen molar-refractivity contribution in [3.8, 4) is 11.5 Å². The molecule has 0 bridgehead atoms. The Bertz CT molecular complexity index is 686. The van der Waals surface area contributed by atoms with Crippen molar-refractivity contribution in [3.63, 3.8) is 0 Å². The number of oxazole rings is 1. The first-order valence-electron chi connectivity index (χ1n) is 5.46. The van der Waals surface area contributed by atoms with Crippen LogP contribution in [-0.4, -0.2) is 4.98 Å². The standard InChI is InChI=1S/C14H12N2O/c1-9-6-7-12-13(8-9)17-14(16-12)10-4-2-3-5-11(10)15/h2-8H,15H2,1H3. The maximum Gasteiger partial charge on any atom is 0.229 e. The highest BCUT2D eigenvalue weighted by molar-refractivity contribution is 5.79. The van der Waals surface area contributed by atoms with E-state index >= 15 is 0 Å². The molecule has 2 aromatic carbocycles. The molecule has 0 spiro atoms. The summed E-state index contributed by atoms with van der Waals surface area (Å²) in [5, 5.41) is 0. The van der Waals surface area contributed by atoms with E-state index in [-0.39, 0.29) is 0 Å². The minimum Gasteiger partial charge on any atom is -0.436 e.